The van der Waals surface area contributed by atoms with Gasteiger partial charge in [0.25, 0.3) is 0 Å². The molecule has 5 heteroatoms. The fourth-order valence-electron chi connectivity index (χ4n) is 3.93. The normalized spacial score (nSPS) is 26.1. The van der Waals surface area contributed by atoms with Gasteiger partial charge < -0.3 is 9.80 Å². The highest BCUT2D eigenvalue weighted by molar-refractivity contribution is 5.79. The zero-order chi connectivity index (χ0) is 15.7. The Labute approximate surface area is 133 Å². The lowest BCUT2D eigenvalue weighted by atomic mass is 9.95. The summed E-state index contributed by atoms with van der Waals surface area (Å²) in [5, 5.41) is 0. The molecular weight excluding hydrogens is 278 g/mol. The number of piperidine rings is 1. The van der Waals surface area contributed by atoms with Crippen molar-refractivity contribution in [2.45, 2.75) is 45.6 Å². The highest BCUT2D eigenvalue weighted by atomic mass is 16.2. The van der Waals surface area contributed by atoms with Crippen molar-refractivity contribution in [3.05, 3.63) is 0 Å². The number of rotatable bonds is 3. The molecule has 1 unspecified atom stereocenters. The average Bonchev–Trinajstić information content (AvgIpc) is 3.38. The van der Waals surface area contributed by atoms with Gasteiger partial charge >= 0.3 is 0 Å². The lowest BCUT2D eigenvalue weighted by Crippen LogP contribution is -2.54. The average molecular weight is 307 g/mol. The first-order valence-corrected chi connectivity index (χ1v) is 8.84. The van der Waals surface area contributed by atoms with E-state index < -0.39 is 0 Å². The third kappa shape index (κ3) is 3.45. The second kappa shape index (κ2) is 6.57. The molecule has 3 aliphatic rings. The molecule has 5 nitrogen and oxygen atoms in total. The fourth-order valence-corrected chi connectivity index (χ4v) is 3.93. The van der Waals surface area contributed by atoms with Crippen LogP contribution in [0.1, 0.15) is 39.5 Å². The predicted molar refractivity (Wildman–Crippen MR) is 85.3 cm³/mol. The van der Waals surface area contributed by atoms with E-state index in [0.29, 0.717) is 11.9 Å². The summed E-state index contributed by atoms with van der Waals surface area (Å²) in [4.78, 5) is 30.5. The van der Waals surface area contributed by atoms with Gasteiger partial charge in [-0.3, -0.25) is 14.5 Å². The summed E-state index contributed by atoms with van der Waals surface area (Å²) in [5.74, 6) is 1.48. The number of carbonyl (C=O) groups excluding carboxylic acids is 2. The molecule has 1 atom stereocenters. The van der Waals surface area contributed by atoms with E-state index in [0.717, 1.165) is 58.0 Å². The van der Waals surface area contributed by atoms with E-state index in [2.05, 4.69) is 16.7 Å². The topological polar surface area (TPSA) is 43.9 Å². The van der Waals surface area contributed by atoms with Crippen molar-refractivity contribution in [2.24, 2.45) is 11.8 Å². The first-order chi connectivity index (χ1) is 10.6. The SMILES string of the molecule is CC(=O)N1CCC(C(=O)N2CCN(C(C)C3CC3)CC2)CC1. The molecule has 0 bridgehead atoms. The van der Waals surface area contributed by atoms with Crippen LogP contribution >= 0.6 is 0 Å². The molecular formula is C17H29N3O2. The van der Waals surface area contributed by atoms with Gasteiger partial charge in [-0.05, 0) is 38.5 Å². The van der Waals surface area contributed by atoms with Gasteiger partial charge in [0.1, 0.15) is 0 Å². The van der Waals surface area contributed by atoms with Gasteiger partial charge in [-0.25, -0.2) is 0 Å². The van der Waals surface area contributed by atoms with Gasteiger partial charge in [0.2, 0.25) is 11.8 Å². The van der Waals surface area contributed by atoms with Crippen LogP contribution in [0, 0.1) is 11.8 Å². The molecule has 0 N–H and O–H groups in total. The molecule has 1 aliphatic carbocycles. The molecule has 1 saturated carbocycles. The summed E-state index contributed by atoms with van der Waals surface area (Å²) in [5.41, 5.74) is 0. The van der Waals surface area contributed by atoms with Gasteiger partial charge in [-0.2, -0.15) is 0 Å². The standard InChI is InChI=1S/C17H29N3O2/c1-13(15-3-4-15)18-9-11-20(12-10-18)17(22)16-5-7-19(8-6-16)14(2)21/h13,15-16H,3-12H2,1-2H3. The van der Waals surface area contributed by atoms with Crippen LogP contribution in [0.5, 0.6) is 0 Å². The molecule has 0 aromatic rings. The summed E-state index contributed by atoms with van der Waals surface area (Å²) in [6.07, 6.45) is 4.43. The smallest absolute Gasteiger partial charge is 0.225 e. The third-order valence-electron chi connectivity index (χ3n) is 5.80. The van der Waals surface area contributed by atoms with Crippen LogP contribution in [0.25, 0.3) is 0 Å². The number of piperazine rings is 1. The number of hydrogen-bond donors (Lipinski definition) is 0. The Balaban J connectivity index is 1.45. The molecule has 2 amide bonds. The molecule has 0 radical (unpaired) electrons. The van der Waals surface area contributed by atoms with Crippen molar-refractivity contribution in [3.63, 3.8) is 0 Å². The van der Waals surface area contributed by atoms with E-state index in [9.17, 15) is 9.59 Å². The molecule has 22 heavy (non-hydrogen) atoms. The molecule has 3 rings (SSSR count). The van der Waals surface area contributed by atoms with E-state index in [-0.39, 0.29) is 11.8 Å². The van der Waals surface area contributed by atoms with Crippen LogP contribution < -0.4 is 0 Å². The molecule has 0 aromatic carbocycles. The van der Waals surface area contributed by atoms with E-state index in [1.54, 1.807) is 6.92 Å². The highest BCUT2D eigenvalue weighted by Gasteiger charge is 2.35. The van der Waals surface area contributed by atoms with Crippen molar-refractivity contribution in [1.82, 2.24) is 14.7 Å². The lowest BCUT2D eigenvalue weighted by Gasteiger charge is -2.40. The van der Waals surface area contributed by atoms with Crippen molar-refractivity contribution in [2.75, 3.05) is 39.3 Å². The van der Waals surface area contributed by atoms with Gasteiger partial charge in [0.15, 0.2) is 0 Å². The Bertz CT molecular complexity index is 420. The van der Waals surface area contributed by atoms with Crippen LogP contribution in [0.3, 0.4) is 0 Å². The molecule has 3 fully saturated rings. The molecule has 124 valence electrons. The monoisotopic (exact) mass is 307 g/mol. The van der Waals surface area contributed by atoms with E-state index in [4.69, 9.17) is 0 Å². The Morgan fingerprint density at radius 1 is 0.864 bits per heavy atom. The van der Waals surface area contributed by atoms with Crippen LogP contribution in [-0.4, -0.2) is 71.8 Å². The summed E-state index contributed by atoms with van der Waals surface area (Å²) < 4.78 is 0. The lowest BCUT2D eigenvalue weighted by molar-refractivity contribution is -0.141. The highest BCUT2D eigenvalue weighted by Crippen LogP contribution is 2.35. The number of hydrogen-bond acceptors (Lipinski definition) is 3. The number of amides is 2. The minimum absolute atomic E-state index is 0.128. The van der Waals surface area contributed by atoms with Gasteiger partial charge in [-0.1, -0.05) is 0 Å². The number of carbonyl (C=O) groups is 2. The minimum Gasteiger partial charge on any atom is -0.343 e. The summed E-state index contributed by atoms with van der Waals surface area (Å²) in [6, 6.07) is 0.691. The Kier molecular flexibility index (Phi) is 4.71. The Morgan fingerprint density at radius 2 is 1.45 bits per heavy atom. The fraction of sp³-hybridized carbons (Fsp3) is 0.882. The van der Waals surface area contributed by atoms with E-state index >= 15 is 0 Å². The maximum atomic E-state index is 12.7. The molecule has 2 saturated heterocycles. The number of nitrogens with zero attached hydrogens (tertiary/aromatic N) is 3. The zero-order valence-electron chi connectivity index (χ0n) is 14.0. The Morgan fingerprint density at radius 3 is 1.95 bits per heavy atom. The van der Waals surface area contributed by atoms with Crippen LogP contribution in [-0.2, 0) is 9.59 Å². The Hall–Kier alpha value is -1.10. The summed E-state index contributed by atoms with van der Waals surface area (Å²) >= 11 is 0. The minimum atomic E-state index is 0.128. The third-order valence-corrected chi connectivity index (χ3v) is 5.80. The first-order valence-electron chi connectivity index (χ1n) is 8.84. The van der Waals surface area contributed by atoms with Crippen molar-refractivity contribution < 1.29 is 9.59 Å². The van der Waals surface area contributed by atoms with Gasteiger partial charge in [-0.15, -0.1) is 0 Å². The predicted octanol–water partition coefficient (Wildman–Crippen LogP) is 1.19. The molecule has 2 heterocycles. The molecule has 0 aromatic heterocycles. The van der Waals surface area contributed by atoms with Crippen LogP contribution in [0.2, 0.25) is 0 Å². The zero-order valence-corrected chi connectivity index (χ0v) is 14.0. The molecule has 2 aliphatic heterocycles. The van der Waals surface area contributed by atoms with Gasteiger partial charge in [0, 0.05) is 58.2 Å². The summed E-state index contributed by atoms with van der Waals surface area (Å²) in [7, 11) is 0. The summed E-state index contributed by atoms with van der Waals surface area (Å²) in [6.45, 7) is 9.24. The van der Waals surface area contributed by atoms with Crippen molar-refractivity contribution in [1.29, 1.82) is 0 Å². The first kappa shape index (κ1) is 15.8. The maximum absolute atomic E-state index is 12.7. The second-order valence-corrected chi connectivity index (χ2v) is 7.22. The quantitative estimate of drug-likeness (QED) is 0.786. The maximum Gasteiger partial charge on any atom is 0.225 e. The second-order valence-electron chi connectivity index (χ2n) is 7.22. The van der Waals surface area contributed by atoms with E-state index in [1.807, 2.05) is 4.90 Å². The van der Waals surface area contributed by atoms with Crippen LogP contribution in [0.4, 0.5) is 0 Å². The van der Waals surface area contributed by atoms with Crippen molar-refractivity contribution in [3.8, 4) is 0 Å². The van der Waals surface area contributed by atoms with E-state index in [1.165, 1.54) is 12.8 Å². The van der Waals surface area contributed by atoms with Crippen LogP contribution in [0.15, 0.2) is 0 Å². The molecule has 0 spiro atoms. The largest absolute Gasteiger partial charge is 0.343 e. The van der Waals surface area contributed by atoms with Crippen molar-refractivity contribution >= 4 is 11.8 Å². The van der Waals surface area contributed by atoms with Gasteiger partial charge in [0.05, 0.1) is 0 Å². The number of likely N-dealkylation sites (tertiary alicyclic amines) is 1.